The van der Waals surface area contributed by atoms with E-state index in [1.807, 2.05) is 0 Å². The molecule has 0 aliphatic carbocycles. The second kappa shape index (κ2) is 13.4. The summed E-state index contributed by atoms with van der Waals surface area (Å²) in [4.78, 5) is 23.4. The maximum absolute atomic E-state index is 15.0. The lowest BCUT2D eigenvalue weighted by molar-refractivity contribution is 0.0519. The summed E-state index contributed by atoms with van der Waals surface area (Å²) in [5, 5.41) is 2.37. The van der Waals surface area contributed by atoms with Crippen molar-refractivity contribution in [1.29, 1.82) is 0 Å². The van der Waals surface area contributed by atoms with E-state index in [0.29, 0.717) is 6.07 Å². The Morgan fingerprint density at radius 3 is 2.31 bits per heavy atom. The van der Waals surface area contributed by atoms with Crippen molar-refractivity contribution in [2.24, 2.45) is 0 Å². The number of hydrogen-bond donors (Lipinski definition) is 1. The molecule has 3 aromatic carbocycles. The summed E-state index contributed by atoms with van der Waals surface area (Å²) in [6, 6.07) is 10.2. The molecule has 226 valence electrons. The molecule has 0 aromatic heterocycles. The number of nitrogens with one attached hydrogen (secondary N) is 1. The fraction of sp³-hybridized carbons (Fsp3) is 0.310. The van der Waals surface area contributed by atoms with Crippen LogP contribution >= 0.6 is 11.6 Å². The number of benzene rings is 3. The van der Waals surface area contributed by atoms with Crippen LogP contribution in [0.15, 0.2) is 53.4 Å². The molecule has 0 aliphatic rings. The number of halogens is 3. The van der Waals surface area contributed by atoms with E-state index in [-0.39, 0.29) is 51.9 Å². The van der Waals surface area contributed by atoms with Gasteiger partial charge in [-0.1, -0.05) is 29.8 Å². The summed E-state index contributed by atoms with van der Waals surface area (Å²) in [7, 11) is -2.09. The quantitative estimate of drug-likeness (QED) is 0.217. The van der Waals surface area contributed by atoms with Gasteiger partial charge in [0.05, 0.1) is 37.1 Å². The Morgan fingerprint density at radius 2 is 1.67 bits per heavy atom. The average molecular weight is 626 g/mol. The Morgan fingerprint density at radius 1 is 0.976 bits per heavy atom. The van der Waals surface area contributed by atoms with Gasteiger partial charge in [0.1, 0.15) is 34.5 Å². The van der Waals surface area contributed by atoms with Crippen LogP contribution in [0.1, 0.15) is 36.7 Å². The SMILES string of the molecule is COC(=O)c1cc(Cl)c(OC)c(S(=O)(=O)Cc2cc(-c3ccccc3OCCNC(=O)OC(C)(C)C)c(F)cc2F)c1. The van der Waals surface area contributed by atoms with Gasteiger partial charge in [-0.15, -0.1) is 0 Å². The molecule has 0 saturated carbocycles. The molecule has 3 aromatic rings. The first-order chi connectivity index (χ1) is 19.7. The van der Waals surface area contributed by atoms with Gasteiger partial charge < -0.3 is 24.3 Å². The largest absolute Gasteiger partial charge is 0.494 e. The predicted octanol–water partition coefficient (Wildman–Crippen LogP) is 5.96. The van der Waals surface area contributed by atoms with Crippen molar-refractivity contribution in [2.75, 3.05) is 27.4 Å². The fourth-order valence-electron chi connectivity index (χ4n) is 3.87. The van der Waals surface area contributed by atoms with Crippen molar-refractivity contribution in [3.8, 4) is 22.6 Å². The van der Waals surface area contributed by atoms with Crippen LogP contribution in [0.4, 0.5) is 13.6 Å². The molecule has 0 aliphatic heterocycles. The van der Waals surface area contributed by atoms with Crippen LogP contribution in [-0.2, 0) is 25.1 Å². The number of carbonyl (C=O) groups is 2. The number of amides is 1. The van der Waals surface area contributed by atoms with E-state index in [1.165, 1.54) is 19.2 Å². The monoisotopic (exact) mass is 625 g/mol. The lowest BCUT2D eigenvalue weighted by Gasteiger charge is -2.20. The van der Waals surface area contributed by atoms with Crippen LogP contribution in [0.5, 0.6) is 11.5 Å². The first-order valence-corrected chi connectivity index (χ1v) is 14.6. The maximum atomic E-state index is 15.0. The van der Waals surface area contributed by atoms with Crippen molar-refractivity contribution in [1.82, 2.24) is 5.32 Å². The fourth-order valence-corrected chi connectivity index (χ4v) is 5.79. The van der Waals surface area contributed by atoms with Gasteiger partial charge in [0.2, 0.25) is 0 Å². The standard InChI is InChI=1S/C29H30ClF2NO8S/c1-29(2,3)41-28(35)33-10-11-40-24-9-7-6-8-19(24)20-12-18(22(31)15-23(20)32)16-42(36,37)25-14-17(27(34)39-5)13-21(30)26(25)38-4/h6-9,12-15H,10-11,16H2,1-5H3,(H,33,35). The molecule has 9 nitrogen and oxygen atoms in total. The molecule has 13 heteroatoms. The number of esters is 1. The molecule has 1 amide bonds. The number of methoxy groups -OCH3 is 2. The number of carbonyl (C=O) groups excluding carboxylic acids is 2. The molecule has 0 spiro atoms. The Hall–Kier alpha value is -3.90. The van der Waals surface area contributed by atoms with Crippen LogP contribution in [0.3, 0.4) is 0 Å². The highest BCUT2D eigenvalue weighted by Crippen LogP contribution is 2.37. The molecule has 3 rings (SSSR count). The number of rotatable bonds is 10. The zero-order chi connectivity index (χ0) is 31.2. The van der Waals surface area contributed by atoms with E-state index < -0.39 is 49.8 Å². The number of para-hydroxylation sites is 1. The molecular formula is C29H30ClF2NO8S. The van der Waals surface area contributed by atoms with Gasteiger partial charge in [0.15, 0.2) is 15.6 Å². The summed E-state index contributed by atoms with van der Waals surface area (Å²) in [6.45, 7) is 5.24. The van der Waals surface area contributed by atoms with Crippen molar-refractivity contribution in [2.45, 2.75) is 37.0 Å². The number of hydrogen-bond acceptors (Lipinski definition) is 8. The third-order valence-electron chi connectivity index (χ3n) is 5.66. The van der Waals surface area contributed by atoms with Crippen LogP contribution in [0.25, 0.3) is 11.1 Å². The minimum Gasteiger partial charge on any atom is -0.494 e. The van der Waals surface area contributed by atoms with E-state index in [2.05, 4.69) is 10.1 Å². The summed E-state index contributed by atoms with van der Waals surface area (Å²) in [5.41, 5.74) is -1.08. The number of alkyl carbamates (subject to hydrolysis) is 1. The highest BCUT2D eigenvalue weighted by molar-refractivity contribution is 7.90. The summed E-state index contributed by atoms with van der Waals surface area (Å²) >= 11 is 6.15. The number of sulfone groups is 1. The molecule has 0 heterocycles. The van der Waals surface area contributed by atoms with Crippen LogP contribution < -0.4 is 14.8 Å². The van der Waals surface area contributed by atoms with Crippen molar-refractivity contribution in [3.63, 3.8) is 0 Å². The molecule has 0 bridgehead atoms. The van der Waals surface area contributed by atoms with Crippen LogP contribution in [-0.4, -0.2) is 53.5 Å². The Balaban J connectivity index is 1.92. The Labute approximate surface area is 247 Å². The molecule has 0 unspecified atom stereocenters. The van der Waals surface area contributed by atoms with Gasteiger partial charge in [-0.25, -0.2) is 26.8 Å². The summed E-state index contributed by atoms with van der Waals surface area (Å²) < 4.78 is 77.6. The third kappa shape index (κ3) is 8.10. The van der Waals surface area contributed by atoms with Gasteiger partial charge in [0, 0.05) is 22.8 Å². The third-order valence-corrected chi connectivity index (χ3v) is 7.60. The van der Waals surface area contributed by atoms with Gasteiger partial charge in [-0.3, -0.25) is 0 Å². The van der Waals surface area contributed by atoms with Gasteiger partial charge in [-0.2, -0.15) is 0 Å². The highest BCUT2D eigenvalue weighted by atomic mass is 35.5. The van der Waals surface area contributed by atoms with Gasteiger partial charge >= 0.3 is 12.1 Å². The zero-order valence-corrected chi connectivity index (χ0v) is 25.1. The predicted molar refractivity (Wildman–Crippen MR) is 152 cm³/mol. The summed E-state index contributed by atoms with van der Waals surface area (Å²) in [6.07, 6.45) is -0.634. The van der Waals surface area contributed by atoms with Crippen molar-refractivity contribution >= 4 is 33.5 Å². The van der Waals surface area contributed by atoms with Crippen LogP contribution in [0.2, 0.25) is 5.02 Å². The maximum Gasteiger partial charge on any atom is 0.407 e. The topological polar surface area (TPSA) is 117 Å². The first-order valence-electron chi connectivity index (χ1n) is 12.5. The molecular weight excluding hydrogens is 596 g/mol. The molecule has 42 heavy (non-hydrogen) atoms. The zero-order valence-electron chi connectivity index (χ0n) is 23.5. The van der Waals surface area contributed by atoms with Crippen molar-refractivity contribution in [3.05, 3.63) is 76.3 Å². The molecule has 1 N–H and O–H groups in total. The molecule has 0 fully saturated rings. The van der Waals surface area contributed by atoms with Crippen molar-refractivity contribution < 1.29 is 45.7 Å². The minimum atomic E-state index is -4.39. The van der Waals surface area contributed by atoms with Gasteiger partial charge in [-0.05, 0) is 45.0 Å². The van der Waals surface area contributed by atoms with E-state index in [0.717, 1.165) is 19.2 Å². The van der Waals surface area contributed by atoms with E-state index in [9.17, 15) is 22.4 Å². The minimum absolute atomic E-state index is 0.00258. The van der Waals surface area contributed by atoms with E-state index in [4.69, 9.17) is 25.8 Å². The highest BCUT2D eigenvalue weighted by Gasteiger charge is 2.27. The Bertz CT molecular complexity index is 1590. The lowest BCUT2D eigenvalue weighted by atomic mass is 10.0. The van der Waals surface area contributed by atoms with Gasteiger partial charge in [0.25, 0.3) is 0 Å². The normalized spacial score (nSPS) is 11.5. The van der Waals surface area contributed by atoms with E-state index in [1.54, 1.807) is 39.0 Å². The summed E-state index contributed by atoms with van der Waals surface area (Å²) in [5.74, 6) is -3.84. The smallest absolute Gasteiger partial charge is 0.407 e. The second-order valence-electron chi connectivity index (χ2n) is 9.94. The van der Waals surface area contributed by atoms with Crippen LogP contribution in [0, 0.1) is 11.6 Å². The molecule has 0 atom stereocenters. The van der Waals surface area contributed by atoms with E-state index >= 15 is 4.39 Å². The number of ether oxygens (including phenoxy) is 4. The first kappa shape index (κ1) is 32.6. The average Bonchev–Trinajstić information content (AvgIpc) is 2.91. The molecule has 0 saturated heterocycles. The molecule has 0 radical (unpaired) electrons. The lowest BCUT2D eigenvalue weighted by Crippen LogP contribution is -2.34. The Kier molecular flexibility index (Phi) is 10.4. The second-order valence-corrected chi connectivity index (χ2v) is 12.3.